The molecule has 116 valence electrons. The molecule has 1 aromatic heterocycles. The summed E-state index contributed by atoms with van der Waals surface area (Å²) >= 11 is 5.41. The van der Waals surface area contributed by atoms with Crippen LogP contribution in [0.15, 0.2) is 73.2 Å². The minimum atomic E-state index is 0.543. The molecule has 0 atom stereocenters. The highest BCUT2D eigenvalue weighted by molar-refractivity contribution is 7.80. The van der Waals surface area contributed by atoms with Crippen LogP contribution in [0.1, 0.15) is 0 Å². The standard InChI is InChI=1S/C19H14N4S/c24-19(22-16-6-5-13-3-1-2-4-14(13)9-16)23-17-7-8-18-15(10-17)11-20-12-21-18/h1-12H,(H2,22,23,24). The molecular weight excluding hydrogens is 316 g/mol. The number of hydrogen-bond donors (Lipinski definition) is 2. The molecule has 0 spiro atoms. The van der Waals surface area contributed by atoms with Crippen LogP contribution < -0.4 is 10.6 Å². The Bertz CT molecular complexity index is 962. The van der Waals surface area contributed by atoms with E-state index in [0.29, 0.717) is 5.11 Å². The van der Waals surface area contributed by atoms with Crippen molar-refractivity contribution in [3.8, 4) is 0 Å². The summed E-state index contributed by atoms with van der Waals surface area (Å²) in [7, 11) is 0. The van der Waals surface area contributed by atoms with Crippen LogP contribution in [-0.4, -0.2) is 15.1 Å². The number of anilines is 2. The summed E-state index contributed by atoms with van der Waals surface area (Å²) in [6, 6.07) is 20.3. The molecule has 0 fully saturated rings. The quantitative estimate of drug-likeness (QED) is 0.526. The molecule has 2 N–H and O–H groups in total. The second-order valence-electron chi connectivity index (χ2n) is 5.44. The van der Waals surface area contributed by atoms with Gasteiger partial charge in [-0.2, -0.15) is 0 Å². The summed E-state index contributed by atoms with van der Waals surface area (Å²) in [4.78, 5) is 8.25. The van der Waals surface area contributed by atoms with Crippen molar-refractivity contribution in [1.82, 2.24) is 9.97 Å². The van der Waals surface area contributed by atoms with Gasteiger partial charge in [0.1, 0.15) is 6.33 Å². The van der Waals surface area contributed by atoms with Crippen LogP contribution in [-0.2, 0) is 0 Å². The highest BCUT2D eigenvalue weighted by Gasteiger charge is 2.02. The molecule has 0 aliphatic carbocycles. The first-order chi connectivity index (χ1) is 11.8. The Kier molecular flexibility index (Phi) is 3.76. The van der Waals surface area contributed by atoms with Gasteiger partial charge in [0.15, 0.2) is 5.11 Å². The van der Waals surface area contributed by atoms with Crippen LogP contribution in [0.25, 0.3) is 21.7 Å². The van der Waals surface area contributed by atoms with E-state index in [9.17, 15) is 0 Å². The van der Waals surface area contributed by atoms with Gasteiger partial charge in [-0.15, -0.1) is 0 Å². The van der Waals surface area contributed by atoms with E-state index in [0.717, 1.165) is 22.3 Å². The lowest BCUT2D eigenvalue weighted by Crippen LogP contribution is -2.18. The lowest BCUT2D eigenvalue weighted by atomic mass is 10.1. The summed E-state index contributed by atoms with van der Waals surface area (Å²) in [6.07, 6.45) is 3.33. The Labute approximate surface area is 144 Å². The van der Waals surface area contributed by atoms with E-state index in [4.69, 9.17) is 12.2 Å². The van der Waals surface area contributed by atoms with E-state index in [1.807, 2.05) is 36.4 Å². The van der Waals surface area contributed by atoms with Crippen LogP contribution in [0.4, 0.5) is 11.4 Å². The monoisotopic (exact) mass is 330 g/mol. The van der Waals surface area contributed by atoms with Crippen molar-refractivity contribution in [1.29, 1.82) is 0 Å². The fourth-order valence-corrected chi connectivity index (χ4v) is 2.86. The van der Waals surface area contributed by atoms with Gasteiger partial charge in [0, 0.05) is 23.0 Å². The van der Waals surface area contributed by atoms with E-state index in [1.54, 1.807) is 12.5 Å². The SMILES string of the molecule is S=C(Nc1ccc2ccccc2c1)Nc1ccc2ncncc2c1. The Hall–Kier alpha value is -3.05. The molecule has 0 saturated heterocycles. The first-order valence-electron chi connectivity index (χ1n) is 7.54. The molecular formula is C19H14N4S. The topological polar surface area (TPSA) is 49.8 Å². The average Bonchev–Trinajstić information content (AvgIpc) is 2.61. The number of thiocarbonyl (C=S) groups is 1. The predicted molar refractivity (Wildman–Crippen MR) is 103 cm³/mol. The summed E-state index contributed by atoms with van der Waals surface area (Å²) in [6.45, 7) is 0. The first-order valence-corrected chi connectivity index (χ1v) is 7.95. The lowest BCUT2D eigenvalue weighted by molar-refractivity contribution is 1.22. The normalized spacial score (nSPS) is 10.7. The molecule has 24 heavy (non-hydrogen) atoms. The molecule has 5 heteroatoms. The molecule has 0 radical (unpaired) electrons. The zero-order chi connectivity index (χ0) is 16.4. The maximum Gasteiger partial charge on any atom is 0.175 e. The molecule has 0 aliphatic heterocycles. The van der Waals surface area contributed by atoms with E-state index in [1.165, 1.54) is 10.8 Å². The van der Waals surface area contributed by atoms with E-state index in [2.05, 4.69) is 44.9 Å². The van der Waals surface area contributed by atoms with Crippen LogP contribution in [0, 0.1) is 0 Å². The van der Waals surface area contributed by atoms with Crippen LogP contribution in [0.5, 0.6) is 0 Å². The van der Waals surface area contributed by atoms with Gasteiger partial charge in [-0.1, -0.05) is 30.3 Å². The predicted octanol–water partition coefficient (Wildman–Crippen LogP) is 4.59. The van der Waals surface area contributed by atoms with Crippen molar-refractivity contribution in [3.63, 3.8) is 0 Å². The molecule has 0 aliphatic rings. The summed E-state index contributed by atoms with van der Waals surface area (Å²) < 4.78 is 0. The summed E-state index contributed by atoms with van der Waals surface area (Å²) in [5.41, 5.74) is 2.76. The molecule has 4 aromatic rings. The largest absolute Gasteiger partial charge is 0.332 e. The summed E-state index contributed by atoms with van der Waals surface area (Å²) in [5, 5.41) is 10.3. The van der Waals surface area contributed by atoms with Gasteiger partial charge < -0.3 is 10.6 Å². The Morgan fingerprint density at radius 2 is 1.50 bits per heavy atom. The fourth-order valence-electron chi connectivity index (χ4n) is 2.62. The Balaban J connectivity index is 1.52. The van der Waals surface area contributed by atoms with E-state index >= 15 is 0 Å². The third-order valence-corrected chi connectivity index (χ3v) is 3.97. The number of fused-ring (bicyclic) bond motifs is 2. The second-order valence-corrected chi connectivity index (χ2v) is 5.85. The number of nitrogens with zero attached hydrogens (tertiary/aromatic N) is 2. The molecule has 0 saturated carbocycles. The maximum atomic E-state index is 5.41. The van der Waals surface area contributed by atoms with Crippen molar-refractivity contribution in [2.24, 2.45) is 0 Å². The van der Waals surface area contributed by atoms with Crippen molar-refractivity contribution < 1.29 is 0 Å². The van der Waals surface area contributed by atoms with Gasteiger partial charge in [-0.25, -0.2) is 9.97 Å². The van der Waals surface area contributed by atoms with E-state index < -0.39 is 0 Å². The minimum Gasteiger partial charge on any atom is -0.332 e. The molecule has 3 aromatic carbocycles. The smallest absolute Gasteiger partial charge is 0.175 e. The van der Waals surface area contributed by atoms with E-state index in [-0.39, 0.29) is 0 Å². The molecule has 0 unspecified atom stereocenters. The number of aromatic nitrogens is 2. The molecule has 4 rings (SSSR count). The average molecular weight is 330 g/mol. The highest BCUT2D eigenvalue weighted by atomic mass is 32.1. The van der Waals surface area contributed by atoms with Crippen molar-refractivity contribution in [2.45, 2.75) is 0 Å². The Morgan fingerprint density at radius 3 is 2.33 bits per heavy atom. The van der Waals surface area contributed by atoms with Gasteiger partial charge in [0.2, 0.25) is 0 Å². The molecule has 0 bridgehead atoms. The van der Waals surface area contributed by atoms with Gasteiger partial charge in [0.25, 0.3) is 0 Å². The number of hydrogen-bond acceptors (Lipinski definition) is 3. The third-order valence-electron chi connectivity index (χ3n) is 3.77. The number of rotatable bonds is 2. The summed E-state index contributed by atoms with van der Waals surface area (Å²) in [5.74, 6) is 0. The van der Waals surface area contributed by atoms with Crippen LogP contribution in [0.3, 0.4) is 0 Å². The second kappa shape index (κ2) is 6.22. The Morgan fingerprint density at radius 1 is 0.792 bits per heavy atom. The lowest BCUT2D eigenvalue weighted by Gasteiger charge is -2.11. The van der Waals surface area contributed by atoms with Gasteiger partial charge in [-0.3, -0.25) is 0 Å². The zero-order valence-electron chi connectivity index (χ0n) is 12.7. The van der Waals surface area contributed by atoms with Gasteiger partial charge in [-0.05, 0) is 53.3 Å². The first kappa shape index (κ1) is 14.5. The van der Waals surface area contributed by atoms with Gasteiger partial charge in [0.05, 0.1) is 5.52 Å². The van der Waals surface area contributed by atoms with Crippen molar-refractivity contribution in [3.05, 3.63) is 73.2 Å². The zero-order valence-corrected chi connectivity index (χ0v) is 13.5. The third kappa shape index (κ3) is 3.02. The minimum absolute atomic E-state index is 0.543. The van der Waals surface area contributed by atoms with Crippen LogP contribution in [0.2, 0.25) is 0 Å². The fraction of sp³-hybridized carbons (Fsp3) is 0. The molecule has 1 heterocycles. The molecule has 0 amide bonds. The molecule has 4 nitrogen and oxygen atoms in total. The number of nitrogens with one attached hydrogen (secondary N) is 2. The van der Waals surface area contributed by atoms with Crippen molar-refractivity contribution >= 4 is 50.4 Å². The van der Waals surface area contributed by atoms with Gasteiger partial charge >= 0.3 is 0 Å². The maximum absolute atomic E-state index is 5.41. The van der Waals surface area contributed by atoms with Crippen LogP contribution >= 0.6 is 12.2 Å². The van der Waals surface area contributed by atoms with Crippen molar-refractivity contribution in [2.75, 3.05) is 10.6 Å². The number of benzene rings is 3. The highest BCUT2D eigenvalue weighted by Crippen LogP contribution is 2.20.